The summed E-state index contributed by atoms with van der Waals surface area (Å²) in [5.41, 5.74) is 1.43. The van der Waals surface area contributed by atoms with Gasteiger partial charge in [-0.2, -0.15) is 0 Å². The molecule has 0 aliphatic carbocycles. The number of aromatic nitrogens is 2. The number of hydrogen-bond acceptors (Lipinski definition) is 7. The van der Waals surface area contributed by atoms with Crippen molar-refractivity contribution >= 4 is 16.0 Å². The molecular weight excluding hydrogens is 356 g/mol. The summed E-state index contributed by atoms with van der Waals surface area (Å²) in [6.45, 7) is 4.60. The number of hydrogen-bond donors (Lipinski definition) is 1. The van der Waals surface area contributed by atoms with Crippen molar-refractivity contribution in [3.8, 4) is 5.75 Å². The number of rotatable bonds is 6. The zero-order valence-electron chi connectivity index (χ0n) is 14.8. The predicted octanol–water partition coefficient (Wildman–Crippen LogP) is 1.11. The number of benzene rings is 1. The van der Waals surface area contributed by atoms with E-state index in [1.54, 1.807) is 30.5 Å². The summed E-state index contributed by atoms with van der Waals surface area (Å²) >= 11 is 0. The number of morpholine rings is 1. The highest BCUT2D eigenvalue weighted by atomic mass is 32.2. The van der Waals surface area contributed by atoms with Crippen molar-refractivity contribution in [2.45, 2.75) is 18.4 Å². The van der Waals surface area contributed by atoms with Crippen LogP contribution in [0.25, 0.3) is 0 Å². The lowest BCUT2D eigenvalue weighted by molar-refractivity contribution is 0.122. The first-order valence-corrected chi connectivity index (χ1v) is 9.77. The average molecular weight is 378 g/mol. The van der Waals surface area contributed by atoms with Crippen molar-refractivity contribution in [2.75, 3.05) is 38.3 Å². The molecule has 9 heteroatoms. The van der Waals surface area contributed by atoms with Gasteiger partial charge in [0.25, 0.3) is 0 Å². The van der Waals surface area contributed by atoms with E-state index in [0.29, 0.717) is 30.6 Å². The zero-order valence-corrected chi connectivity index (χ0v) is 15.6. The lowest BCUT2D eigenvalue weighted by atomic mass is 10.2. The molecular formula is C17H22N4O4S. The first-order chi connectivity index (χ1) is 12.5. The fourth-order valence-corrected chi connectivity index (χ4v) is 3.89. The lowest BCUT2D eigenvalue weighted by Gasteiger charge is -2.26. The number of aryl methyl sites for hydroxylation is 1. The van der Waals surface area contributed by atoms with Crippen LogP contribution in [0.3, 0.4) is 0 Å². The zero-order chi connectivity index (χ0) is 18.6. The molecule has 0 amide bonds. The Balaban J connectivity index is 1.75. The van der Waals surface area contributed by atoms with Crippen LogP contribution in [0.15, 0.2) is 35.4 Å². The molecule has 1 fully saturated rings. The van der Waals surface area contributed by atoms with Crippen molar-refractivity contribution in [3.63, 3.8) is 0 Å². The molecule has 1 N–H and O–H groups in total. The Hall–Kier alpha value is -2.23. The van der Waals surface area contributed by atoms with E-state index in [1.165, 1.54) is 7.11 Å². The highest BCUT2D eigenvalue weighted by molar-refractivity contribution is 7.89. The molecule has 2 heterocycles. The van der Waals surface area contributed by atoms with Gasteiger partial charge in [-0.3, -0.25) is 0 Å². The summed E-state index contributed by atoms with van der Waals surface area (Å²) in [6, 6.07) is 6.72. The number of nitrogens with one attached hydrogen (secondary N) is 1. The Labute approximate surface area is 153 Å². The maximum atomic E-state index is 12.7. The number of anilines is 1. The third kappa shape index (κ3) is 4.29. The van der Waals surface area contributed by atoms with E-state index in [2.05, 4.69) is 14.7 Å². The standard InChI is InChI=1S/C17H22N4O4S/c1-13-3-4-15(24-2)16(11-13)26(22,23)19-12-14-5-6-18-17(20-14)21-7-9-25-10-8-21/h3-6,11,19H,7-10,12H2,1-2H3. The molecule has 26 heavy (non-hydrogen) atoms. The number of ether oxygens (including phenoxy) is 2. The van der Waals surface area contributed by atoms with Crippen molar-refractivity contribution < 1.29 is 17.9 Å². The molecule has 0 unspecified atom stereocenters. The lowest BCUT2D eigenvalue weighted by Crippen LogP contribution is -2.37. The number of nitrogens with zero attached hydrogens (tertiary/aromatic N) is 3. The molecule has 1 saturated heterocycles. The third-order valence-electron chi connectivity index (χ3n) is 4.05. The van der Waals surface area contributed by atoms with E-state index in [0.717, 1.165) is 18.7 Å². The van der Waals surface area contributed by atoms with Crippen LogP contribution in [-0.4, -0.2) is 51.8 Å². The molecule has 1 aliphatic rings. The van der Waals surface area contributed by atoms with E-state index in [9.17, 15) is 8.42 Å². The molecule has 1 aromatic carbocycles. The smallest absolute Gasteiger partial charge is 0.244 e. The minimum absolute atomic E-state index is 0.0687. The molecule has 2 aromatic rings. The van der Waals surface area contributed by atoms with Gasteiger partial charge in [0.15, 0.2) is 0 Å². The largest absolute Gasteiger partial charge is 0.495 e. The summed E-state index contributed by atoms with van der Waals surface area (Å²) in [7, 11) is -2.28. The molecule has 1 aliphatic heterocycles. The van der Waals surface area contributed by atoms with Gasteiger partial charge in [-0.1, -0.05) is 6.07 Å². The van der Waals surface area contributed by atoms with E-state index in [-0.39, 0.29) is 11.4 Å². The van der Waals surface area contributed by atoms with Crippen molar-refractivity contribution in [1.29, 1.82) is 0 Å². The molecule has 1 aromatic heterocycles. The molecule has 0 spiro atoms. The first kappa shape index (κ1) is 18.6. The molecule has 0 bridgehead atoms. The molecule has 8 nitrogen and oxygen atoms in total. The molecule has 0 radical (unpaired) electrons. The highest BCUT2D eigenvalue weighted by Crippen LogP contribution is 2.24. The third-order valence-corrected chi connectivity index (χ3v) is 5.47. The van der Waals surface area contributed by atoms with Gasteiger partial charge in [-0.25, -0.2) is 23.1 Å². The fraction of sp³-hybridized carbons (Fsp3) is 0.412. The quantitative estimate of drug-likeness (QED) is 0.805. The van der Waals surface area contributed by atoms with Crippen LogP contribution in [0.5, 0.6) is 5.75 Å². The van der Waals surface area contributed by atoms with Crippen LogP contribution >= 0.6 is 0 Å². The summed E-state index contributed by atoms with van der Waals surface area (Å²) < 4.78 is 38.4. The van der Waals surface area contributed by atoms with Crippen molar-refractivity contribution in [2.24, 2.45) is 0 Å². The maximum absolute atomic E-state index is 12.7. The van der Waals surface area contributed by atoms with Crippen molar-refractivity contribution in [1.82, 2.24) is 14.7 Å². The average Bonchev–Trinajstić information content (AvgIpc) is 2.67. The molecule has 0 saturated carbocycles. The summed E-state index contributed by atoms with van der Waals surface area (Å²) in [6.07, 6.45) is 1.63. The summed E-state index contributed by atoms with van der Waals surface area (Å²) in [5, 5.41) is 0. The van der Waals surface area contributed by atoms with Crippen LogP contribution in [0.2, 0.25) is 0 Å². The van der Waals surface area contributed by atoms with Gasteiger partial charge >= 0.3 is 0 Å². The predicted molar refractivity (Wildman–Crippen MR) is 96.8 cm³/mol. The van der Waals surface area contributed by atoms with Gasteiger partial charge in [0.2, 0.25) is 16.0 Å². The SMILES string of the molecule is COc1ccc(C)cc1S(=O)(=O)NCc1ccnc(N2CCOCC2)n1. The Morgan fingerprint density at radius 2 is 2.04 bits per heavy atom. The topological polar surface area (TPSA) is 93.7 Å². The first-order valence-electron chi connectivity index (χ1n) is 8.28. The minimum Gasteiger partial charge on any atom is -0.495 e. The molecule has 3 rings (SSSR count). The number of sulfonamides is 1. The van der Waals surface area contributed by atoms with Crippen LogP contribution in [-0.2, 0) is 21.3 Å². The second-order valence-corrected chi connectivity index (χ2v) is 7.66. The monoisotopic (exact) mass is 378 g/mol. The molecule has 140 valence electrons. The second-order valence-electron chi connectivity index (χ2n) is 5.93. The van der Waals surface area contributed by atoms with Crippen LogP contribution in [0, 0.1) is 6.92 Å². The van der Waals surface area contributed by atoms with E-state index in [4.69, 9.17) is 9.47 Å². The van der Waals surface area contributed by atoms with Gasteiger partial charge < -0.3 is 14.4 Å². The van der Waals surface area contributed by atoms with Gasteiger partial charge in [-0.15, -0.1) is 0 Å². The van der Waals surface area contributed by atoms with Gasteiger partial charge in [-0.05, 0) is 30.7 Å². The normalized spacial score (nSPS) is 15.1. The summed E-state index contributed by atoms with van der Waals surface area (Å²) in [5.74, 6) is 0.887. The van der Waals surface area contributed by atoms with Gasteiger partial charge in [0.05, 0.1) is 32.6 Å². The Morgan fingerprint density at radius 1 is 1.27 bits per heavy atom. The van der Waals surface area contributed by atoms with Crippen molar-refractivity contribution in [3.05, 3.63) is 41.7 Å². The van der Waals surface area contributed by atoms with E-state index < -0.39 is 10.0 Å². The van der Waals surface area contributed by atoms with Gasteiger partial charge in [0.1, 0.15) is 10.6 Å². The Bertz CT molecular complexity index is 867. The van der Waals surface area contributed by atoms with Crippen LogP contribution in [0.4, 0.5) is 5.95 Å². The summed E-state index contributed by atoms with van der Waals surface area (Å²) in [4.78, 5) is 10.9. The maximum Gasteiger partial charge on any atom is 0.244 e. The Morgan fingerprint density at radius 3 is 2.77 bits per heavy atom. The second kappa shape index (κ2) is 7.98. The Kier molecular flexibility index (Phi) is 5.70. The van der Waals surface area contributed by atoms with Crippen LogP contribution in [0.1, 0.15) is 11.3 Å². The number of methoxy groups -OCH3 is 1. The van der Waals surface area contributed by atoms with E-state index in [1.807, 2.05) is 11.8 Å². The van der Waals surface area contributed by atoms with E-state index >= 15 is 0 Å². The van der Waals surface area contributed by atoms with Crippen LogP contribution < -0.4 is 14.4 Å². The van der Waals surface area contributed by atoms with Gasteiger partial charge in [0, 0.05) is 19.3 Å². The minimum atomic E-state index is -3.73. The highest BCUT2D eigenvalue weighted by Gasteiger charge is 2.20. The fourth-order valence-electron chi connectivity index (χ4n) is 2.64. The molecule has 0 atom stereocenters.